The number of nitrogens with two attached hydrogens (primary N) is 1. The number of nitrogens with one attached hydrogen (secondary N) is 1. The zero-order chi connectivity index (χ0) is 22.2. The van der Waals surface area contributed by atoms with Gasteiger partial charge in [0.15, 0.2) is 6.10 Å². The molecular formula is C22H22N2O6S. The summed E-state index contributed by atoms with van der Waals surface area (Å²) >= 11 is 0. The van der Waals surface area contributed by atoms with E-state index in [-0.39, 0.29) is 23.0 Å². The van der Waals surface area contributed by atoms with E-state index in [4.69, 9.17) is 14.3 Å². The minimum absolute atomic E-state index is 0.00729. The number of carbonyl (C=O) groups excluding carboxylic acids is 1. The van der Waals surface area contributed by atoms with E-state index in [9.17, 15) is 18.0 Å². The van der Waals surface area contributed by atoms with Gasteiger partial charge in [-0.25, -0.2) is 18.4 Å². The molecule has 162 valence electrons. The predicted molar refractivity (Wildman–Crippen MR) is 114 cm³/mol. The minimum Gasteiger partial charge on any atom is -0.481 e. The molecule has 1 atom stereocenters. The molecule has 3 N–H and O–H groups in total. The molecule has 0 saturated carbocycles. The number of fused-ring (bicyclic) bond motifs is 3. The first-order valence-electron chi connectivity index (χ1n) is 9.87. The molecule has 31 heavy (non-hydrogen) atoms. The summed E-state index contributed by atoms with van der Waals surface area (Å²) < 4.78 is 33.8. The van der Waals surface area contributed by atoms with Crippen LogP contribution in [-0.4, -0.2) is 20.4 Å². The van der Waals surface area contributed by atoms with Gasteiger partial charge in [0.2, 0.25) is 10.0 Å². The summed E-state index contributed by atoms with van der Waals surface area (Å²) in [5.41, 5.74) is 2.65. The molecule has 0 bridgehead atoms. The third-order valence-corrected chi connectivity index (χ3v) is 6.28. The van der Waals surface area contributed by atoms with Crippen LogP contribution < -0.4 is 20.8 Å². The van der Waals surface area contributed by atoms with E-state index in [0.717, 1.165) is 35.8 Å². The summed E-state index contributed by atoms with van der Waals surface area (Å²) in [6.07, 6.45) is 1.75. The molecular weight excluding hydrogens is 420 g/mol. The predicted octanol–water partition coefficient (Wildman–Crippen LogP) is 2.01. The molecule has 1 aromatic heterocycles. The molecule has 2 aromatic carbocycles. The van der Waals surface area contributed by atoms with Gasteiger partial charge in [0, 0.05) is 23.6 Å². The van der Waals surface area contributed by atoms with Crippen LogP contribution in [0.5, 0.6) is 5.75 Å². The summed E-state index contributed by atoms with van der Waals surface area (Å²) in [4.78, 5) is 24.6. The van der Waals surface area contributed by atoms with Crippen molar-refractivity contribution in [2.75, 3.05) is 0 Å². The van der Waals surface area contributed by atoms with E-state index in [1.165, 1.54) is 12.1 Å². The van der Waals surface area contributed by atoms with Gasteiger partial charge < -0.3 is 14.5 Å². The van der Waals surface area contributed by atoms with Crippen molar-refractivity contribution < 1.29 is 22.4 Å². The first-order chi connectivity index (χ1) is 14.7. The summed E-state index contributed by atoms with van der Waals surface area (Å²) in [6, 6.07) is 11.2. The third kappa shape index (κ3) is 4.47. The van der Waals surface area contributed by atoms with Gasteiger partial charge in [0.05, 0.1) is 4.90 Å². The van der Waals surface area contributed by atoms with E-state index in [2.05, 4.69) is 5.32 Å². The Bertz CT molecular complexity index is 1310. The number of hydrogen-bond donors (Lipinski definition) is 2. The Morgan fingerprint density at radius 1 is 1.16 bits per heavy atom. The lowest BCUT2D eigenvalue weighted by Crippen LogP contribution is -2.35. The molecule has 4 rings (SSSR count). The summed E-state index contributed by atoms with van der Waals surface area (Å²) in [5, 5.41) is 8.72. The van der Waals surface area contributed by atoms with Crippen LogP contribution >= 0.6 is 0 Å². The van der Waals surface area contributed by atoms with Crippen LogP contribution in [0, 0.1) is 0 Å². The number of amides is 1. The second-order valence-electron chi connectivity index (χ2n) is 7.52. The van der Waals surface area contributed by atoms with Crippen molar-refractivity contribution in [1.82, 2.24) is 5.32 Å². The molecule has 1 aliphatic rings. The molecule has 8 nitrogen and oxygen atoms in total. The Morgan fingerprint density at radius 3 is 2.58 bits per heavy atom. The highest BCUT2D eigenvalue weighted by atomic mass is 32.2. The average Bonchev–Trinajstić information content (AvgIpc) is 3.22. The van der Waals surface area contributed by atoms with E-state index in [1.54, 1.807) is 31.2 Å². The lowest BCUT2D eigenvalue weighted by Gasteiger charge is -2.15. The van der Waals surface area contributed by atoms with Crippen LogP contribution in [0.3, 0.4) is 0 Å². The first kappa shape index (κ1) is 21.1. The van der Waals surface area contributed by atoms with Crippen LogP contribution in [-0.2, 0) is 34.2 Å². The van der Waals surface area contributed by atoms with Crippen LogP contribution in [0.2, 0.25) is 0 Å². The number of benzene rings is 2. The molecule has 9 heteroatoms. The van der Waals surface area contributed by atoms with E-state index in [0.29, 0.717) is 16.9 Å². The molecule has 1 aliphatic carbocycles. The number of rotatable bonds is 6. The van der Waals surface area contributed by atoms with Crippen molar-refractivity contribution in [2.45, 2.75) is 43.7 Å². The Hall–Kier alpha value is -3.17. The van der Waals surface area contributed by atoms with Gasteiger partial charge in [-0.2, -0.15) is 0 Å². The standard InChI is InChI=1S/C22H22N2O6S/c1-13(21(25)24-12-14-5-8-16(9-6-14)31(23,27)28)29-15-7-10-18-17-3-2-4-19(17)22(26)30-20(18)11-15/h5-11,13H,2-4,12H2,1H3,(H,24,25)(H2,23,27,28). The highest BCUT2D eigenvalue weighted by molar-refractivity contribution is 7.89. The highest BCUT2D eigenvalue weighted by Crippen LogP contribution is 2.29. The number of sulfonamides is 1. The van der Waals surface area contributed by atoms with Crippen molar-refractivity contribution >= 4 is 26.9 Å². The van der Waals surface area contributed by atoms with Crippen LogP contribution in [0.25, 0.3) is 11.0 Å². The largest absolute Gasteiger partial charge is 0.481 e. The Balaban J connectivity index is 1.41. The molecule has 1 amide bonds. The van der Waals surface area contributed by atoms with Crippen molar-refractivity contribution in [3.63, 3.8) is 0 Å². The number of hydrogen-bond acceptors (Lipinski definition) is 6. The second kappa shape index (κ2) is 8.16. The fourth-order valence-corrected chi connectivity index (χ4v) is 4.24. The first-order valence-corrected chi connectivity index (χ1v) is 11.4. The second-order valence-corrected chi connectivity index (χ2v) is 9.09. The van der Waals surface area contributed by atoms with Gasteiger partial charge in [-0.05, 0) is 61.6 Å². The van der Waals surface area contributed by atoms with Crippen LogP contribution in [0.15, 0.2) is 56.6 Å². The molecule has 1 heterocycles. The number of aryl methyl sites for hydroxylation is 1. The van der Waals surface area contributed by atoms with E-state index in [1.807, 2.05) is 6.07 Å². The molecule has 0 aliphatic heterocycles. The van der Waals surface area contributed by atoms with Gasteiger partial charge >= 0.3 is 5.63 Å². The maximum Gasteiger partial charge on any atom is 0.339 e. The minimum atomic E-state index is -3.76. The van der Waals surface area contributed by atoms with Gasteiger partial charge in [-0.3, -0.25) is 4.79 Å². The molecule has 0 saturated heterocycles. The Morgan fingerprint density at radius 2 is 1.87 bits per heavy atom. The molecule has 1 unspecified atom stereocenters. The van der Waals surface area contributed by atoms with Crippen molar-refractivity contribution in [3.8, 4) is 5.75 Å². The maximum atomic E-state index is 12.4. The van der Waals surface area contributed by atoms with E-state index >= 15 is 0 Å². The average molecular weight is 442 g/mol. The van der Waals surface area contributed by atoms with Gasteiger partial charge in [-0.15, -0.1) is 0 Å². The topological polar surface area (TPSA) is 129 Å². The third-order valence-electron chi connectivity index (χ3n) is 5.35. The zero-order valence-corrected chi connectivity index (χ0v) is 17.7. The maximum absolute atomic E-state index is 12.4. The Kier molecular flexibility index (Phi) is 5.55. The summed E-state index contributed by atoms with van der Waals surface area (Å²) in [6.45, 7) is 1.82. The monoisotopic (exact) mass is 442 g/mol. The van der Waals surface area contributed by atoms with Crippen molar-refractivity contribution in [2.24, 2.45) is 5.14 Å². The van der Waals surface area contributed by atoms with Crippen molar-refractivity contribution in [3.05, 3.63) is 69.6 Å². The van der Waals surface area contributed by atoms with Crippen LogP contribution in [0.1, 0.15) is 30.0 Å². The highest BCUT2D eigenvalue weighted by Gasteiger charge is 2.20. The van der Waals surface area contributed by atoms with Crippen LogP contribution in [0.4, 0.5) is 0 Å². The normalized spacial score (nSPS) is 14.3. The molecule has 3 aromatic rings. The molecule has 0 fully saturated rings. The number of ether oxygens (including phenoxy) is 1. The van der Waals surface area contributed by atoms with Gasteiger partial charge in [0.25, 0.3) is 5.91 Å². The number of primary sulfonamides is 1. The smallest absolute Gasteiger partial charge is 0.339 e. The molecule has 0 spiro atoms. The lowest BCUT2D eigenvalue weighted by atomic mass is 10.1. The SMILES string of the molecule is CC(Oc1ccc2c3c(c(=O)oc2c1)CCC3)C(=O)NCc1ccc(S(N)(=O)=O)cc1. The fraction of sp³-hybridized carbons (Fsp3) is 0.273. The number of carbonyl (C=O) groups is 1. The van der Waals surface area contributed by atoms with Gasteiger partial charge in [-0.1, -0.05) is 12.1 Å². The van der Waals surface area contributed by atoms with E-state index < -0.39 is 16.1 Å². The van der Waals surface area contributed by atoms with Crippen molar-refractivity contribution in [1.29, 1.82) is 0 Å². The fourth-order valence-electron chi connectivity index (χ4n) is 3.72. The van der Waals surface area contributed by atoms with Gasteiger partial charge in [0.1, 0.15) is 11.3 Å². The zero-order valence-electron chi connectivity index (χ0n) is 16.9. The summed E-state index contributed by atoms with van der Waals surface area (Å²) in [7, 11) is -3.76. The Labute approximate surface area is 179 Å². The molecule has 0 radical (unpaired) electrons. The lowest BCUT2D eigenvalue weighted by molar-refractivity contribution is -0.127. The summed E-state index contributed by atoms with van der Waals surface area (Å²) in [5.74, 6) is 0.0831. The quantitative estimate of drug-likeness (QED) is 0.562.